The highest BCUT2D eigenvalue weighted by molar-refractivity contribution is 6.04. The maximum absolute atomic E-state index is 13.0. The van der Waals surface area contributed by atoms with Gasteiger partial charge >= 0.3 is 0 Å². The highest BCUT2D eigenvalue weighted by Gasteiger charge is 2.09. The number of hydrogen-bond acceptors (Lipinski definition) is 3. The fourth-order valence-electron chi connectivity index (χ4n) is 3.06. The molecule has 4 rings (SSSR count). The molecule has 1 aromatic heterocycles. The van der Waals surface area contributed by atoms with E-state index in [2.05, 4.69) is 15.5 Å². The molecule has 1 heterocycles. The number of H-pyrrole nitrogens is 1. The minimum Gasteiger partial charge on any atom is -0.322 e. The van der Waals surface area contributed by atoms with Gasteiger partial charge in [0.25, 0.3) is 11.5 Å². The van der Waals surface area contributed by atoms with Crippen LogP contribution in [0.4, 0.5) is 10.1 Å². The van der Waals surface area contributed by atoms with Gasteiger partial charge in [-0.05, 0) is 48.0 Å². The number of rotatable bonds is 4. The number of nitrogens with one attached hydrogen (secondary N) is 2. The van der Waals surface area contributed by atoms with Crippen molar-refractivity contribution < 1.29 is 9.18 Å². The summed E-state index contributed by atoms with van der Waals surface area (Å²) in [5.41, 5.74) is 2.46. The second kappa shape index (κ2) is 7.44. The molecule has 0 unspecified atom stereocenters. The maximum Gasteiger partial charge on any atom is 0.272 e. The minimum absolute atomic E-state index is 0.223. The van der Waals surface area contributed by atoms with E-state index in [0.717, 1.165) is 16.6 Å². The normalized spacial score (nSPS) is 10.8. The molecule has 28 heavy (non-hydrogen) atoms. The summed E-state index contributed by atoms with van der Waals surface area (Å²) in [6.45, 7) is 0. The van der Waals surface area contributed by atoms with Crippen molar-refractivity contribution in [2.75, 3.05) is 5.32 Å². The summed E-state index contributed by atoms with van der Waals surface area (Å²) in [5.74, 6) is -0.705. The monoisotopic (exact) mass is 373 g/mol. The largest absolute Gasteiger partial charge is 0.322 e. The van der Waals surface area contributed by atoms with E-state index >= 15 is 0 Å². The third kappa shape index (κ3) is 3.66. The quantitative estimate of drug-likeness (QED) is 0.570. The van der Waals surface area contributed by atoms with Crippen LogP contribution in [0, 0.1) is 5.82 Å². The van der Waals surface area contributed by atoms with Crippen LogP contribution in [0.3, 0.4) is 0 Å². The van der Waals surface area contributed by atoms with Gasteiger partial charge in [-0.25, -0.2) is 9.49 Å². The molecule has 0 saturated carbocycles. The second-order valence-electron chi connectivity index (χ2n) is 6.38. The summed E-state index contributed by atoms with van der Waals surface area (Å²) in [4.78, 5) is 24.2. The summed E-state index contributed by atoms with van der Waals surface area (Å²) >= 11 is 0. The molecule has 0 aliphatic heterocycles. The first kappa shape index (κ1) is 17.6. The average molecular weight is 373 g/mol. The number of fused-ring (bicyclic) bond motifs is 1. The number of carbonyl (C=O) groups is 1. The van der Waals surface area contributed by atoms with E-state index in [0.29, 0.717) is 23.1 Å². The molecule has 0 saturated heterocycles. The fourth-order valence-corrected chi connectivity index (χ4v) is 3.06. The topological polar surface area (TPSA) is 74.8 Å². The number of nitrogens with zero attached hydrogens (tertiary/aromatic N) is 1. The van der Waals surface area contributed by atoms with Crippen molar-refractivity contribution in [2.24, 2.45) is 0 Å². The van der Waals surface area contributed by atoms with Crippen molar-refractivity contribution in [3.63, 3.8) is 0 Å². The average Bonchev–Trinajstić information content (AvgIpc) is 2.71. The summed E-state index contributed by atoms with van der Waals surface area (Å²) in [5, 5.41) is 10.9. The Morgan fingerprint density at radius 2 is 1.71 bits per heavy atom. The Morgan fingerprint density at radius 3 is 2.50 bits per heavy atom. The van der Waals surface area contributed by atoms with Crippen molar-refractivity contribution in [1.29, 1.82) is 0 Å². The van der Waals surface area contributed by atoms with Gasteiger partial charge in [-0.1, -0.05) is 30.3 Å². The van der Waals surface area contributed by atoms with Crippen LogP contribution < -0.4 is 10.9 Å². The Labute approximate surface area is 159 Å². The van der Waals surface area contributed by atoms with Crippen molar-refractivity contribution >= 4 is 22.4 Å². The smallest absolute Gasteiger partial charge is 0.272 e. The number of hydrogen-bond donors (Lipinski definition) is 2. The lowest BCUT2D eigenvalue weighted by Crippen LogP contribution is -2.12. The summed E-state index contributed by atoms with van der Waals surface area (Å²) < 4.78 is 13.0. The van der Waals surface area contributed by atoms with Crippen molar-refractivity contribution in [3.8, 4) is 0 Å². The second-order valence-corrected chi connectivity index (χ2v) is 6.38. The molecule has 138 valence electrons. The first-order valence-electron chi connectivity index (χ1n) is 8.72. The van der Waals surface area contributed by atoms with E-state index < -0.39 is 0 Å². The van der Waals surface area contributed by atoms with Crippen LogP contribution in [-0.4, -0.2) is 16.1 Å². The highest BCUT2D eigenvalue weighted by atomic mass is 19.1. The number of halogens is 1. The van der Waals surface area contributed by atoms with Gasteiger partial charge in [0.2, 0.25) is 0 Å². The Hall–Kier alpha value is -3.80. The lowest BCUT2D eigenvalue weighted by atomic mass is 10.0. The van der Waals surface area contributed by atoms with Gasteiger partial charge in [-0.2, -0.15) is 5.10 Å². The van der Waals surface area contributed by atoms with Crippen LogP contribution in [0.15, 0.2) is 77.6 Å². The Bertz CT molecular complexity index is 1220. The van der Waals surface area contributed by atoms with E-state index in [1.54, 1.807) is 12.1 Å². The lowest BCUT2D eigenvalue weighted by molar-refractivity contribution is 0.102. The first-order valence-corrected chi connectivity index (χ1v) is 8.72. The first-order chi connectivity index (χ1) is 13.6. The van der Waals surface area contributed by atoms with E-state index in [9.17, 15) is 14.0 Å². The van der Waals surface area contributed by atoms with Gasteiger partial charge in [0.1, 0.15) is 5.82 Å². The molecular formula is C22H16FN3O2. The lowest BCUT2D eigenvalue weighted by Gasteiger charge is -2.09. The van der Waals surface area contributed by atoms with Crippen molar-refractivity contribution in [1.82, 2.24) is 10.2 Å². The molecule has 0 radical (unpaired) electrons. The Balaban J connectivity index is 1.58. The number of aromatic nitrogens is 2. The zero-order valence-corrected chi connectivity index (χ0v) is 14.8. The van der Waals surface area contributed by atoms with Gasteiger partial charge in [0, 0.05) is 23.1 Å². The van der Waals surface area contributed by atoms with E-state index in [4.69, 9.17) is 0 Å². The van der Waals surface area contributed by atoms with Crippen molar-refractivity contribution in [2.45, 2.75) is 6.42 Å². The standard InChI is InChI=1S/C22H16FN3O2/c23-16-10-8-15(9-11-16)21(27)24-17-5-3-4-14(12-17)13-20-18-6-1-2-7-19(18)22(28)26-25-20/h1-12H,13H2,(H,24,27)(H,26,28). The number of benzene rings is 3. The molecule has 0 bridgehead atoms. The Morgan fingerprint density at radius 1 is 0.964 bits per heavy atom. The zero-order chi connectivity index (χ0) is 19.5. The summed E-state index contributed by atoms with van der Waals surface area (Å²) in [6.07, 6.45) is 0.498. The fraction of sp³-hybridized carbons (Fsp3) is 0.0455. The van der Waals surface area contributed by atoms with Crippen LogP contribution in [0.25, 0.3) is 10.8 Å². The molecule has 3 aromatic carbocycles. The number of amides is 1. The summed E-state index contributed by atoms with van der Waals surface area (Å²) in [7, 11) is 0. The molecule has 0 aliphatic carbocycles. The van der Waals surface area contributed by atoms with Crippen LogP contribution in [-0.2, 0) is 6.42 Å². The number of aromatic amines is 1. The summed E-state index contributed by atoms with van der Waals surface area (Å²) in [6, 6.07) is 20.1. The van der Waals surface area contributed by atoms with Gasteiger partial charge < -0.3 is 5.32 Å². The minimum atomic E-state index is -0.390. The van der Waals surface area contributed by atoms with Crippen LogP contribution >= 0.6 is 0 Å². The van der Waals surface area contributed by atoms with Gasteiger partial charge in [-0.3, -0.25) is 9.59 Å². The van der Waals surface area contributed by atoms with E-state index in [-0.39, 0.29) is 17.3 Å². The van der Waals surface area contributed by atoms with E-state index in [1.165, 1.54) is 24.3 Å². The van der Waals surface area contributed by atoms with Crippen LogP contribution in [0.2, 0.25) is 0 Å². The number of carbonyl (C=O) groups excluding carboxylic acids is 1. The van der Waals surface area contributed by atoms with Crippen LogP contribution in [0.5, 0.6) is 0 Å². The third-order valence-electron chi connectivity index (χ3n) is 4.44. The molecule has 0 aliphatic rings. The molecule has 2 N–H and O–H groups in total. The van der Waals surface area contributed by atoms with E-state index in [1.807, 2.05) is 36.4 Å². The van der Waals surface area contributed by atoms with Crippen LogP contribution in [0.1, 0.15) is 21.6 Å². The molecule has 1 amide bonds. The predicted molar refractivity (Wildman–Crippen MR) is 106 cm³/mol. The third-order valence-corrected chi connectivity index (χ3v) is 4.44. The molecule has 0 atom stereocenters. The SMILES string of the molecule is O=C(Nc1cccc(Cc2n[nH]c(=O)c3ccccc23)c1)c1ccc(F)cc1. The molecule has 5 nitrogen and oxygen atoms in total. The molecule has 6 heteroatoms. The molecular weight excluding hydrogens is 357 g/mol. The number of anilines is 1. The molecule has 0 fully saturated rings. The highest BCUT2D eigenvalue weighted by Crippen LogP contribution is 2.19. The maximum atomic E-state index is 13.0. The Kier molecular flexibility index (Phi) is 4.68. The van der Waals surface area contributed by atoms with Crippen molar-refractivity contribution in [3.05, 3.63) is 106 Å². The zero-order valence-electron chi connectivity index (χ0n) is 14.8. The van der Waals surface area contributed by atoms with Gasteiger partial charge in [0.15, 0.2) is 0 Å². The molecule has 0 spiro atoms. The molecule has 4 aromatic rings. The predicted octanol–water partition coefficient (Wildman–Crippen LogP) is 3.91. The van der Waals surface area contributed by atoms with Gasteiger partial charge in [-0.15, -0.1) is 0 Å². The van der Waals surface area contributed by atoms with Gasteiger partial charge in [0.05, 0.1) is 11.1 Å².